The number of nitrogens with two attached hydrogens (primary N) is 1. The highest BCUT2D eigenvalue weighted by molar-refractivity contribution is 5.92. The number of benzene rings is 2. The summed E-state index contributed by atoms with van der Waals surface area (Å²) in [5, 5.41) is 3.04. The lowest BCUT2D eigenvalue weighted by molar-refractivity contribution is 0.313. The van der Waals surface area contributed by atoms with E-state index in [4.69, 9.17) is 15.2 Å². The van der Waals surface area contributed by atoms with Crippen LogP contribution in [-0.4, -0.2) is 26.2 Å². The second-order valence-electron chi connectivity index (χ2n) is 5.14. The molecule has 0 radical (unpaired) electrons. The molecule has 0 saturated heterocycles. The molecular formula is C18H23N3O2. The molecule has 2 aromatic carbocycles. The Morgan fingerprint density at radius 3 is 2.35 bits per heavy atom. The van der Waals surface area contributed by atoms with Crippen molar-refractivity contribution in [1.82, 2.24) is 0 Å². The highest BCUT2D eigenvalue weighted by Crippen LogP contribution is 2.14. The third kappa shape index (κ3) is 5.90. The Balaban J connectivity index is 1.68. The molecular weight excluding hydrogens is 290 g/mol. The molecule has 0 aliphatic heterocycles. The standard InChI is InChI=1S/C18H23N3O2/c1-14-4-8-17(9-5-14)23-13-3-12-20-18(19)21-15-6-10-16(22-2)11-7-15/h4-11H,3,12-13H2,1-2H3,(H3,19,20,21). The van der Waals surface area contributed by atoms with Crippen molar-refractivity contribution in [3.8, 4) is 11.5 Å². The van der Waals surface area contributed by atoms with Crippen molar-refractivity contribution in [3.63, 3.8) is 0 Å². The molecule has 5 nitrogen and oxygen atoms in total. The van der Waals surface area contributed by atoms with Gasteiger partial charge in [-0.05, 0) is 43.3 Å². The Hall–Kier alpha value is -2.69. The van der Waals surface area contributed by atoms with E-state index < -0.39 is 0 Å². The molecule has 122 valence electrons. The maximum Gasteiger partial charge on any atom is 0.193 e. The average Bonchev–Trinajstić information content (AvgIpc) is 2.57. The molecule has 23 heavy (non-hydrogen) atoms. The predicted octanol–water partition coefficient (Wildman–Crippen LogP) is 3.20. The quantitative estimate of drug-likeness (QED) is 0.468. The van der Waals surface area contributed by atoms with Crippen LogP contribution in [-0.2, 0) is 0 Å². The fourth-order valence-electron chi connectivity index (χ4n) is 1.95. The summed E-state index contributed by atoms with van der Waals surface area (Å²) in [6, 6.07) is 15.5. The smallest absolute Gasteiger partial charge is 0.193 e. The average molecular weight is 313 g/mol. The van der Waals surface area contributed by atoms with Gasteiger partial charge in [0.2, 0.25) is 0 Å². The van der Waals surface area contributed by atoms with Gasteiger partial charge in [-0.25, -0.2) is 0 Å². The van der Waals surface area contributed by atoms with E-state index in [2.05, 4.69) is 17.2 Å². The van der Waals surface area contributed by atoms with Crippen LogP contribution in [0.25, 0.3) is 0 Å². The fourth-order valence-corrected chi connectivity index (χ4v) is 1.95. The number of ether oxygens (including phenoxy) is 2. The van der Waals surface area contributed by atoms with E-state index >= 15 is 0 Å². The first-order chi connectivity index (χ1) is 11.2. The van der Waals surface area contributed by atoms with Crippen molar-refractivity contribution < 1.29 is 9.47 Å². The van der Waals surface area contributed by atoms with Crippen molar-refractivity contribution in [2.45, 2.75) is 13.3 Å². The van der Waals surface area contributed by atoms with Crippen LogP contribution in [0.3, 0.4) is 0 Å². The zero-order valence-electron chi connectivity index (χ0n) is 13.6. The summed E-state index contributed by atoms with van der Waals surface area (Å²) in [4.78, 5) is 4.28. The van der Waals surface area contributed by atoms with Gasteiger partial charge in [0.25, 0.3) is 0 Å². The van der Waals surface area contributed by atoms with Crippen molar-refractivity contribution >= 4 is 11.6 Å². The number of rotatable bonds is 7. The van der Waals surface area contributed by atoms with Crippen LogP contribution in [0.2, 0.25) is 0 Å². The first kappa shape index (κ1) is 16.7. The minimum absolute atomic E-state index is 0.394. The van der Waals surface area contributed by atoms with E-state index in [1.54, 1.807) is 7.11 Å². The molecule has 5 heteroatoms. The minimum Gasteiger partial charge on any atom is -0.497 e. The van der Waals surface area contributed by atoms with E-state index in [1.807, 2.05) is 48.5 Å². The zero-order valence-corrected chi connectivity index (χ0v) is 13.6. The largest absolute Gasteiger partial charge is 0.497 e. The molecule has 0 atom stereocenters. The first-order valence-electron chi connectivity index (χ1n) is 7.58. The van der Waals surface area contributed by atoms with Gasteiger partial charge in [-0.3, -0.25) is 4.99 Å². The van der Waals surface area contributed by atoms with Crippen LogP contribution in [0.15, 0.2) is 53.5 Å². The van der Waals surface area contributed by atoms with E-state index in [0.717, 1.165) is 23.6 Å². The lowest BCUT2D eigenvalue weighted by Gasteiger charge is -2.07. The van der Waals surface area contributed by atoms with Crippen LogP contribution >= 0.6 is 0 Å². The second kappa shape index (κ2) is 8.68. The Kier molecular flexibility index (Phi) is 6.29. The Bertz CT molecular complexity index is 622. The third-order valence-electron chi connectivity index (χ3n) is 3.24. The second-order valence-corrected chi connectivity index (χ2v) is 5.14. The number of aryl methyl sites for hydroxylation is 1. The van der Waals surface area contributed by atoms with Gasteiger partial charge in [-0.1, -0.05) is 17.7 Å². The van der Waals surface area contributed by atoms with E-state index in [9.17, 15) is 0 Å². The number of nitrogens with one attached hydrogen (secondary N) is 1. The molecule has 0 heterocycles. The van der Waals surface area contributed by atoms with Gasteiger partial charge in [0.05, 0.1) is 13.7 Å². The lowest BCUT2D eigenvalue weighted by atomic mass is 10.2. The van der Waals surface area contributed by atoms with Crippen molar-refractivity contribution in [1.29, 1.82) is 0 Å². The molecule has 0 aliphatic rings. The normalized spacial score (nSPS) is 11.1. The lowest BCUT2D eigenvalue weighted by Crippen LogP contribution is -2.23. The molecule has 2 aromatic rings. The molecule has 0 unspecified atom stereocenters. The number of anilines is 1. The molecule has 0 fully saturated rings. The van der Waals surface area contributed by atoms with Crippen LogP contribution in [0, 0.1) is 6.92 Å². The van der Waals surface area contributed by atoms with Gasteiger partial charge in [0, 0.05) is 18.7 Å². The van der Waals surface area contributed by atoms with Crippen LogP contribution < -0.4 is 20.5 Å². The molecule has 0 aromatic heterocycles. The molecule has 0 aliphatic carbocycles. The number of hydrogen-bond acceptors (Lipinski definition) is 3. The number of hydrogen-bond donors (Lipinski definition) is 2. The fraction of sp³-hybridized carbons (Fsp3) is 0.278. The zero-order chi connectivity index (χ0) is 16.5. The predicted molar refractivity (Wildman–Crippen MR) is 94.4 cm³/mol. The van der Waals surface area contributed by atoms with Crippen LogP contribution in [0.1, 0.15) is 12.0 Å². The minimum atomic E-state index is 0.394. The first-order valence-corrected chi connectivity index (χ1v) is 7.58. The SMILES string of the molecule is COc1ccc(NC(N)=NCCCOc2ccc(C)cc2)cc1. The van der Waals surface area contributed by atoms with Gasteiger partial charge in [-0.2, -0.15) is 0 Å². The summed E-state index contributed by atoms with van der Waals surface area (Å²) in [5.41, 5.74) is 7.95. The van der Waals surface area contributed by atoms with E-state index in [0.29, 0.717) is 19.1 Å². The number of nitrogens with zero attached hydrogens (tertiary/aromatic N) is 1. The van der Waals surface area contributed by atoms with Gasteiger partial charge < -0.3 is 20.5 Å². The summed E-state index contributed by atoms with van der Waals surface area (Å²) < 4.78 is 10.7. The van der Waals surface area contributed by atoms with Crippen LogP contribution in [0.4, 0.5) is 5.69 Å². The van der Waals surface area contributed by atoms with Gasteiger partial charge in [0.15, 0.2) is 5.96 Å². The maximum atomic E-state index is 5.85. The highest BCUT2D eigenvalue weighted by Gasteiger charge is 1.97. The third-order valence-corrected chi connectivity index (χ3v) is 3.24. The van der Waals surface area contributed by atoms with E-state index in [-0.39, 0.29) is 0 Å². The topological polar surface area (TPSA) is 68.9 Å². The van der Waals surface area contributed by atoms with E-state index in [1.165, 1.54) is 5.56 Å². The Morgan fingerprint density at radius 1 is 1.04 bits per heavy atom. The van der Waals surface area contributed by atoms with Crippen molar-refractivity contribution in [3.05, 3.63) is 54.1 Å². The van der Waals surface area contributed by atoms with Gasteiger partial charge in [-0.15, -0.1) is 0 Å². The number of aliphatic imine (C=N–C) groups is 1. The molecule has 0 spiro atoms. The van der Waals surface area contributed by atoms with Crippen LogP contribution in [0.5, 0.6) is 11.5 Å². The molecule has 3 N–H and O–H groups in total. The highest BCUT2D eigenvalue weighted by atomic mass is 16.5. The van der Waals surface area contributed by atoms with Crippen molar-refractivity contribution in [2.75, 3.05) is 25.6 Å². The molecule has 0 saturated carbocycles. The number of methoxy groups -OCH3 is 1. The summed E-state index contributed by atoms with van der Waals surface area (Å²) in [6.45, 7) is 3.28. The molecule has 0 amide bonds. The Morgan fingerprint density at radius 2 is 1.70 bits per heavy atom. The van der Waals surface area contributed by atoms with Crippen molar-refractivity contribution in [2.24, 2.45) is 10.7 Å². The Labute approximate surface area is 137 Å². The van der Waals surface area contributed by atoms with Gasteiger partial charge >= 0.3 is 0 Å². The summed E-state index contributed by atoms with van der Waals surface area (Å²) in [6.07, 6.45) is 0.804. The monoisotopic (exact) mass is 313 g/mol. The summed E-state index contributed by atoms with van der Waals surface area (Å²) in [7, 11) is 1.64. The number of guanidine groups is 1. The van der Waals surface area contributed by atoms with Gasteiger partial charge in [0.1, 0.15) is 11.5 Å². The molecule has 2 rings (SSSR count). The maximum absolute atomic E-state index is 5.85. The molecule has 0 bridgehead atoms. The summed E-state index contributed by atoms with van der Waals surface area (Å²) in [5.74, 6) is 2.08. The summed E-state index contributed by atoms with van der Waals surface area (Å²) >= 11 is 0.